The number of benzene rings is 2. The molecule has 1 saturated carbocycles. The Balaban J connectivity index is 1.14. The first-order valence-corrected chi connectivity index (χ1v) is 13.1. The van der Waals surface area contributed by atoms with Crippen LogP contribution in [0, 0.1) is 17.7 Å². The van der Waals surface area contributed by atoms with Gasteiger partial charge in [0, 0.05) is 60.4 Å². The van der Waals surface area contributed by atoms with Gasteiger partial charge in [-0.05, 0) is 91.8 Å². The Bertz CT molecular complexity index is 1330. The molecule has 3 aromatic rings. The van der Waals surface area contributed by atoms with Gasteiger partial charge in [-0.25, -0.2) is 4.39 Å². The van der Waals surface area contributed by atoms with Gasteiger partial charge in [-0.1, -0.05) is 0 Å². The molecule has 0 saturated heterocycles. The van der Waals surface area contributed by atoms with Crippen LogP contribution in [-0.4, -0.2) is 53.5 Å². The van der Waals surface area contributed by atoms with Crippen LogP contribution in [-0.2, 0) is 25.8 Å². The molecule has 4 aliphatic rings. The van der Waals surface area contributed by atoms with Crippen LogP contribution in [0.2, 0.25) is 0 Å². The fourth-order valence-electron chi connectivity index (χ4n) is 6.59. The summed E-state index contributed by atoms with van der Waals surface area (Å²) in [7, 11) is 1.88. The predicted molar refractivity (Wildman–Crippen MR) is 133 cm³/mol. The molecule has 2 aromatic carbocycles. The van der Waals surface area contributed by atoms with E-state index in [1.165, 1.54) is 29.7 Å². The second-order valence-corrected chi connectivity index (χ2v) is 11.2. The molecule has 0 bridgehead atoms. The molecule has 2 atom stereocenters. The lowest BCUT2D eigenvalue weighted by Gasteiger charge is -2.38. The van der Waals surface area contributed by atoms with Gasteiger partial charge in [0.15, 0.2) is 0 Å². The third kappa shape index (κ3) is 3.74. The predicted octanol–water partition coefficient (Wildman–Crippen LogP) is 4.71. The number of carbonyl (C=O) groups excluding carboxylic acids is 1. The Morgan fingerprint density at radius 3 is 2.77 bits per heavy atom. The number of aromatic nitrogens is 1. The van der Waals surface area contributed by atoms with Gasteiger partial charge in [0.25, 0.3) is 5.91 Å². The summed E-state index contributed by atoms with van der Waals surface area (Å²) in [6.45, 7) is 3.56. The van der Waals surface area contributed by atoms with Crippen molar-refractivity contribution in [3.05, 3.63) is 64.1 Å². The maximum atomic E-state index is 14.0. The van der Waals surface area contributed by atoms with Gasteiger partial charge in [-0.2, -0.15) is 0 Å². The summed E-state index contributed by atoms with van der Waals surface area (Å²) >= 11 is 0. The van der Waals surface area contributed by atoms with Gasteiger partial charge < -0.3 is 14.6 Å². The number of ether oxygens (including phenoxy) is 1. The molecule has 2 unspecified atom stereocenters. The lowest BCUT2D eigenvalue weighted by Crippen LogP contribution is -2.47. The number of nitrogens with zero attached hydrogens (tertiary/aromatic N) is 2. The van der Waals surface area contributed by atoms with Crippen molar-refractivity contribution in [2.75, 3.05) is 26.7 Å². The molecule has 7 rings (SSSR count). The number of amides is 1. The molecule has 2 aliphatic heterocycles. The third-order valence-electron chi connectivity index (χ3n) is 8.68. The molecule has 35 heavy (non-hydrogen) atoms. The molecule has 1 amide bonds. The number of aromatic amines is 1. The van der Waals surface area contributed by atoms with Crippen molar-refractivity contribution in [1.82, 2.24) is 14.8 Å². The van der Waals surface area contributed by atoms with Crippen LogP contribution in [0.4, 0.5) is 4.39 Å². The van der Waals surface area contributed by atoms with Crippen molar-refractivity contribution in [2.24, 2.45) is 11.8 Å². The summed E-state index contributed by atoms with van der Waals surface area (Å²) in [5.74, 6) is 2.27. The van der Waals surface area contributed by atoms with E-state index < -0.39 is 0 Å². The van der Waals surface area contributed by atoms with Crippen LogP contribution in [0.15, 0.2) is 30.3 Å². The molecule has 1 aromatic heterocycles. The van der Waals surface area contributed by atoms with E-state index in [9.17, 15) is 9.18 Å². The molecule has 182 valence electrons. The highest BCUT2D eigenvalue weighted by Crippen LogP contribution is 2.39. The second-order valence-electron chi connectivity index (χ2n) is 11.2. The van der Waals surface area contributed by atoms with Gasteiger partial charge in [0.1, 0.15) is 18.2 Å². The van der Waals surface area contributed by atoms with Crippen LogP contribution in [0.3, 0.4) is 0 Å². The van der Waals surface area contributed by atoms with Gasteiger partial charge in [-0.15, -0.1) is 0 Å². The highest BCUT2D eigenvalue weighted by atomic mass is 19.1. The van der Waals surface area contributed by atoms with Crippen LogP contribution in [0.5, 0.6) is 5.75 Å². The van der Waals surface area contributed by atoms with E-state index >= 15 is 0 Å². The van der Waals surface area contributed by atoms with Gasteiger partial charge in [-0.3, -0.25) is 9.69 Å². The molecule has 0 spiro atoms. The Labute approximate surface area is 205 Å². The molecule has 0 radical (unpaired) electrons. The summed E-state index contributed by atoms with van der Waals surface area (Å²) < 4.78 is 20.3. The number of hydrogen-bond acceptors (Lipinski definition) is 3. The van der Waals surface area contributed by atoms with Crippen molar-refractivity contribution in [3.8, 4) is 5.75 Å². The number of rotatable bonds is 5. The zero-order valence-corrected chi connectivity index (χ0v) is 20.3. The minimum atomic E-state index is -0.161. The van der Waals surface area contributed by atoms with Crippen molar-refractivity contribution in [3.63, 3.8) is 0 Å². The van der Waals surface area contributed by atoms with Gasteiger partial charge in [0.2, 0.25) is 0 Å². The largest absolute Gasteiger partial charge is 0.492 e. The number of hydrogen-bond donors (Lipinski definition) is 1. The van der Waals surface area contributed by atoms with E-state index in [2.05, 4.69) is 9.88 Å². The summed E-state index contributed by atoms with van der Waals surface area (Å²) in [5.41, 5.74) is 6.89. The summed E-state index contributed by atoms with van der Waals surface area (Å²) in [5, 5.41) is 1.05. The molecular weight excluding hydrogens is 441 g/mol. The number of aryl methyl sites for hydroxylation is 1. The van der Waals surface area contributed by atoms with Crippen molar-refractivity contribution < 1.29 is 13.9 Å². The SMILES string of the molecule is CN1Cc2c(ccc3c2CC(N(CC2CC2)CC2CCc4[nH]c5ccc(F)cc5c4C2)CO3)C1=O. The molecule has 6 heteroatoms. The average Bonchev–Trinajstić information content (AvgIpc) is 3.54. The Morgan fingerprint density at radius 2 is 1.91 bits per heavy atom. The fraction of sp³-hybridized carbons (Fsp3) is 0.483. The van der Waals surface area contributed by atoms with E-state index in [1.54, 1.807) is 17.0 Å². The highest BCUT2D eigenvalue weighted by Gasteiger charge is 2.36. The summed E-state index contributed by atoms with van der Waals surface area (Å²) in [4.78, 5) is 20.6. The first-order chi connectivity index (χ1) is 17.0. The van der Waals surface area contributed by atoms with Crippen molar-refractivity contribution in [2.45, 2.75) is 51.1 Å². The van der Waals surface area contributed by atoms with Gasteiger partial charge in [0.05, 0.1) is 0 Å². The number of halogens is 1. The molecule has 1 N–H and O–H groups in total. The molecule has 1 fully saturated rings. The Hall–Kier alpha value is -2.86. The summed E-state index contributed by atoms with van der Waals surface area (Å²) in [6.07, 6.45) is 6.78. The quantitative estimate of drug-likeness (QED) is 0.584. The molecule has 3 heterocycles. The second kappa shape index (κ2) is 8.09. The smallest absolute Gasteiger partial charge is 0.254 e. The normalized spacial score (nSPS) is 23.4. The number of fused-ring (bicyclic) bond motifs is 6. The third-order valence-corrected chi connectivity index (χ3v) is 8.68. The van der Waals surface area contributed by atoms with E-state index in [0.717, 1.165) is 72.5 Å². The maximum Gasteiger partial charge on any atom is 0.254 e. The number of carbonyl (C=O) groups is 1. The summed E-state index contributed by atoms with van der Waals surface area (Å²) in [6, 6.07) is 9.37. The van der Waals surface area contributed by atoms with Crippen molar-refractivity contribution >= 4 is 16.8 Å². The first kappa shape index (κ1) is 21.4. The molecular formula is C29H32FN3O2. The Morgan fingerprint density at radius 1 is 1.06 bits per heavy atom. The number of H-pyrrole nitrogens is 1. The van der Waals surface area contributed by atoms with Gasteiger partial charge >= 0.3 is 0 Å². The van der Waals surface area contributed by atoms with E-state index in [-0.39, 0.29) is 11.7 Å². The lowest BCUT2D eigenvalue weighted by molar-refractivity contribution is 0.0816. The zero-order chi connectivity index (χ0) is 23.7. The van der Waals surface area contributed by atoms with Crippen LogP contribution in [0.25, 0.3) is 10.9 Å². The minimum Gasteiger partial charge on any atom is -0.492 e. The average molecular weight is 474 g/mol. The monoisotopic (exact) mass is 473 g/mol. The van der Waals surface area contributed by atoms with Crippen molar-refractivity contribution in [1.29, 1.82) is 0 Å². The highest BCUT2D eigenvalue weighted by molar-refractivity contribution is 5.99. The molecule has 2 aliphatic carbocycles. The van der Waals surface area contributed by atoms with Crippen LogP contribution < -0.4 is 4.74 Å². The fourth-order valence-corrected chi connectivity index (χ4v) is 6.59. The Kier molecular flexibility index (Phi) is 4.95. The standard InChI is InChI=1S/C29H32FN3O2/c1-32-15-25-21(29(32)34)6-9-28-24(25)12-20(16-35-28)33(13-17-2-3-17)14-18-4-7-26-22(10-18)23-11-19(30)5-8-27(23)31-26/h5-6,8-9,11,17-18,20,31H,2-4,7,10,12-16H2,1H3. The van der Waals surface area contributed by atoms with Crippen LogP contribution in [0.1, 0.15) is 52.0 Å². The zero-order valence-electron chi connectivity index (χ0n) is 20.3. The molecule has 5 nitrogen and oxygen atoms in total. The minimum absolute atomic E-state index is 0.118. The first-order valence-electron chi connectivity index (χ1n) is 13.1. The topological polar surface area (TPSA) is 48.6 Å². The van der Waals surface area contributed by atoms with E-state index in [4.69, 9.17) is 4.74 Å². The lowest BCUT2D eigenvalue weighted by atomic mass is 9.85. The maximum absolute atomic E-state index is 14.0. The van der Waals surface area contributed by atoms with E-state index in [0.29, 0.717) is 25.1 Å². The number of nitrogens with one attached hydrogen (secondary N) is 1. The van der Waals surface area contributed by atoms with Crippen LogP contribution >= 0.6 is 0 Å². The van der Waals surface area contributed by atoms with E-state index in [1.807, 2.05) is 25.2 Å².